The SMILES string of the molecule is CC(=O)c1nn(CC(=O)N(CC(=O)NCc2cccc(Cl)c2F)C2CC2)c2ccccc12. The number of hydrogen-bond acceptors (Lipinski definition) is 4. The predicted octanol–water partition coefficient (Wildman–Crippen LogP) is 3.34. The number of halogens is 2. The van der Waals surface area contributed by atoms with Crippen molar-refractivity contribution in [3.63, 3.8) is 0 Å². The van der Waals surface area contributed by atoms with Gasteiger partial charge in [-0.15, -0.1) is 0 Å². The van der Waals surface area contributed by atoms with Crippen molar-refractivity contribution in [1.29, 1.82) is 0 Å². The maximum Gasteiger partial charge on any atom is 0.245 e. The summed E-state index contributed by atoms with van der Waals surface area (Å²) in [5.74, 6) is -1.41. The Balaban J connectivity index is 1.45. The number of carbonyl (C=O) groups excluding carboxylic acids is 3. The van der Waals surface area contributed by atoms with E-state index in [1.54, 1.807) is 24.3 Å². The van der Waals surface area contributed by atoms with Gasteiger partial charge in [0.25, 0.3) is 0 Å². The fourth-order valence-electron chi connectivity index (χ4n) is 3.62. The zero-order valence-corrected chi connectivity index (χ0v) is 18.2. The normalized spacial score (nSPS) is 13.2. The van der Waals surface area contributed by atoms with Crippen LogP contribution in [-0.4, -0.2) is 44.9 Å². The van der Waals surface area contributed by atoms with Crippen molar-refractivity contribution in [1.82, 2.24) is 20.0 Å². The van der Waals surface area contributed by atoms with Crippen LogP contribution in [0.5, 0.6) is 0 Å². The number of amides is 2. The van der Waals surface area contributed by atoms with E-state index in [4.69, 9.17) is 11.6 Å². The first-order valence-corrected chi connectivity index (χ1v) is 10.7. The largest absolute Gasteiger partial charge is 0.350 e. The van der Waals surface area contributed by atoms with Crippen molar-refractivity contribution in [2.75, 3.05) is 6.54 Å². The van der Waals surface area contributed by atoms with E-state index in [2.05, 4.69) is 10.4 Å². The molecular formula is C23H22ClFN4O3. The zero-order valence-electron chi connectivity index (χ0n) is 17.5. The van der Waals surface area contributed by atoms with Crippen molar-refractivity contribution in [2.45, 2.75) is 38.9 Å². The monoisotopic (exact) mass is 456 g/mol. The predicted molar refractivity (Wildman–Crippen MR) is 118 cm³/mol. The number of hydrogen-bond donors (Lipinski definition) is 1. The minimum atomic E-state index is -0.573. The molecule has 4 rings (SSSR count). The van der Waals surface area contributed by atoms with Crippen molar-refractivity contribution in [2.24, 2.45) is 0 Å². The van der Waals surface area contributed by atoms with Gasteiger partial charge in [0, 0.05) is 30.5 Å². The van der Waals surface area contributed by atoms with Crippen LogP contribution < -0.4 is 5.32 Å². The van der Waals surface area contributed by atoms with E-state index >= 15 is 0 Å². The molecule has 0 radical (unpaired) electrons. The molecule has 3 aromatic rings. The average molecular weight is 457 g/mol. The van der Waals surface area contributed by atoms with Crippen LogP contribution in [0.1, 0.15) is 35.8 Å². The Morgan fingerprint density at radius 3 is 2.66 bits per heavy atom. The molecule has 2 amide bonds. The van der Waals surface area contributed by atoms with Gasteiger partial charge < -0.3 is 10.2 Å². The van der Waals surface area contributed by atoms with Gasteiger partial charge in [-0.1, -0.05) is 41.9 Å². The summed E-state index contributed by atoms with van der Waals surface area (Å²) >= 11 is 5.77. The number of Topliss-reactive ketones (excluding diaryl/α,β-unsaturated/α-hetero) is 1. The molecule has 0 unspecified atom stereocenters. The van der Waals surface area contributed by atoms with E-state index in [0.29, 0.717) is 16.6 Å². The summed E-state index contributed by atoms with van der Waals surface area (Å²) in [6.45, 7) is 1.19. The average Bonchev–Trinajstić information content (AvgIpc) is 3.54. The zero-order chi connectivity index (χ0) is 22.8. The van der Waals surface area contributed by atoms with Gasteiger partial charge in [-0.2, -0.15) is 5.10 Å². The summed E-state index contributed by atoms with van der Waals surface area (Å²) in [5.41, 5.74) is 1.27. The van der Waals surface area contributed by atoms with Gasteiger partial charge in [0.05, 0.1) is 17.1 Å². The molecule has 1 aliphatic carbocycles. The molecule has 1 saturated carbocycles. The van der Waals surface area contributed by atoms with Crippen LogP contribution in [0.25, 0.3) is 10.9 Å². The van der Waals surface area contributed by atoms with E-state index in [1.165, 1.54) is 22.6 Å². The highest BCUT2D eigenvalue weighted by molar-refractivity contribution is 6.30. The number of aromatic nitrogens is 2. The maximum atomic E-state index is 14.0. The number of para-hydroxylation sites is 1. The number of carbonyl (C=O) groups is 3. The molecule has 7 nitrogen and oxygen atoms in total. The van der Waals surface area contributed by atoms with Crippen LogP contribution in [0.2, 0.25) is 5.02 Å². The van der Waals surface area contributed by atoms with E-state index in [9.17, 15) is 18.8 Å². The molecule has 0 atom stereocenters. The Morgan fingerprint density at radius 1 is 1.19 bits per heavy atom. The van der Waals surface area contributed by atoms with Crippen molar-refractivity contribution >= 4 is 40.1 Å². The summed E-state index contributed by atoms with van der Waals surface area (Å²) in [6.07, 6.45) is 1.64. The van der Waals surface area contributed by atoms with Crippen molar-refractivity contribution < 1.29 is 18.8 Å². The third-order valence-corrected chi connectivity index (χ3v) is 5.70. The Kier molecular flexibility index (Phi) is 6.23. The third kappa shape index (κ3) is 4.65. The van der Waals surface area contributed by atoms with E-state index in [-0.39, 0.29) is 53.9 Å². The van der Waals surface area contributed by atoms with Crippen LogP contribution in [0, 0.1) is 5.82 Å². The van der Waals surface area contributed by atoms with E-state index in [0.717, 1.165) is 12.8 Å². The Bertz CT molecular complexity index is 1210. The van der Waals surface area contributed by atoms with Crippen LogP contribution in [0.4, 0.5) is 4.39 Å². The second kappa shape index (κ2) is 9.08. The molecule has 0 saturated heterocycles. The minimum Gasteiger partial charge on any atom is -0.350 e. The lowest BCUT2D eigenvalue weighted by molar-refractivity contribution is -0.137. The molecule has 1 fully saturated rings. The first-order chi connectivity index (χ1) is 15.3. The number of nitrogens with one attached hydrogen (secondary N) is 1. The number of nitrogens with zero attached hydrogens (tertiary/aromatic N) is 3. The topological polar surface area (TPSA) is 84.3 Å². The molecule has 0 aliphatic heterocycles. The highest BCUT2D eigenvalue weighted by Crippen LogP contribution is 2.27. The number of fused-ring (bicyclic) bond motifs is 1. The van der Waals surface area contributed by atoms with Gasteiger partial charge >= 0.3 is 0 Å². The molecule has 9 heteroatoms. The van der Waals surface area contributed by atoms with Crippen molar-refractivity contribution in [3.05, 3.63) is 64.6 Å². The number of ketones is 1. The fourth-order valence-corrected chi connectivity index (χ4v) is 3.82. The smallest absolute Gasteiger partial charge is 0.245 e. The van der Waals surface area contributed by atoms with Crippen molar-refractivity contribution in [3.8, 4) is 0 Å². The summed E-state index contributed by atoms with van der Waals surface area (Å²) in [7, 11) is 0. The molecule has 1 aliphatic rings. The quantitative estimate of drug-likeness (QED) is 0.527. The Hall–Kier alpha value is -3.26. The van der Waals surface area contributed by atoms with E-state index < -0.39 is 5.82 Å². The first kappa shape index (κ1) is 22.0. The third-order valence-electron chi connectivity index (χ3n) is 5.41. The number of benzene rings is 2. The summed E-state index contributed by atoms with van der Waals surface area (Å²) < 4.78 is 15.5. The summed E-state index contributed by atoms with van der Waals surface area (Å²) in [5, 5.41) is 7.65. The minimum absolute atomic E-state index is 0.00902. The second-order valence-corrected chi connectivity index (χ2v) is 8.23. The molecule has 0 spiro atoms. The van der Waals surface area contributed by atoms with Gasteiger partial charge in [0.2, 0.25) is 11.8 Å². The van der Waals surface area contributed by atoms with Gasteiger partial charge in [-0.25, -0.2) is 4.39 Å². The Labute approximate surface area is 189 Å². The fraction of sp³-hybridized carbons (Fsp3) is 0.304. The molecule has 1 N–H and O–H groups in total. The highest BCUT2D eigenvalue weighted by Gasteiger charge is 2.34. The van der Waals surface area contributed by atoms with Gasteiger partial charge in [0.1, 0.15) is 18.1 Å². The lowest BCUT2D eigenvalue weighted by atomic mass is 10.2. The standard InChI is InChI=1S/C23H22ClFN4O3/c1-14(30)23-17-6-2-3-8-19(17)29(27-23)13-21(32)28(16-9-10-16)12-20(31)26-11-15-5-4-7-18(24)22(15)25/h2-8,16H,9-13H2,1H3,(H,26,31). The van der Waals surface area contributed by atoms with Crippen LogP contribution in [-0.2, 0) is 22.7 Å². The van der Waals surface area contributed by atoms with Crippen LogP contribution in [0.3, 0.4) is 0 Å². The van der Waals surface area contributed by atoms with Gasteiger partial charge in [-0.05, 0) is 25.0 Å². The van der Waals surface area contributed by atoms with Gasteiger partial charge in [0.15, 0.2) is 5.78 Å². The molecule has 0 bridgehead atoms. The molecule has 166 valence electrons. The number of rotatable bonds is 8. The summed E-state index contributed by atoms with van der Waals surface area (Å²) in [4.78, 5) is 39.0. The second-order valence-electron chi connectivity index (χ2n) is 7.82. The molecule has 1 heterocycles. The lowest BCUT2D eigenvalue weighted by Crippen LogP contribution is -2.43. The molecule has 2 aromatic carbocycles. The molecule has 1 aromatic heterocycles. The highest BCUT2D eigenvalue weighted by atomic mass is 35.5. The first-order valence-electron chi connectivity index (χ1n) is 10.3. The maximum absolute atomic E-state index is 14.0. The van der Waals surface area contributed by atoms with E-state index in [1.807, 2.05) is 12.1 Å². The summed E-state index contributed by atoms with van der Waals surface area (Å²) in [6, 6.07) is 11.8. The van der Waals surface area contributed by atoms with Crippen LogP contribution >= 0.6 is 11.6 Å². The molecular weight excluding hydrogens is 435 g/mol. The van der Waals surface area contributed by atoms with Gasteiger partial charge in [-0.3, -0.25) is 19.1 Å². The molecule has 32 heavy (non-hydrogen) atoms. The Morgan fingerprint density at radius 2 is 1.94 bits per heavy atom. The van der Waals surface area contributed by atoms with Crippen LogP contribution in [0.15, 0.2) is 42.5 Å². The lowest BCUT2D eigenvalue weighted by Gasteiger charge is -2.22.